The van der Waals surface area contributed by atoms with Crippen molar-refractivity contribution in [2.75, 3.05) is 45.7 Å². The van der Waals surface area contributed by atoms with E-state index in [9.17, 15) is 9.59 Å². The van der Waals surface area contributed by atoms with Gasteiger partial charge in [0.25, 0.3) is 11.8 Å². The number of hydrogen-bond donors (Lipinski definition) is 3. The zero-order valence-electron chi connectivity index (χ0n) is 22.9. The van der Waals surface area contributed by atoms with Gasteiger partial charge in [-0.15, -0.1) is 0 Å². The lowest BCUT2D eigenvalue weighted by Gasteiger charge is -2.17. The van der Waals surface area contributed by atoms with E-state index in [1.165, 1.54) is 6.08 Å². The highest BCUT2D eigenvalue weighted by molar-refractivity contribution is 6.06. The van der Waals surface area contributed by atoms with Gasteiger partial charge in [-0.2, -0.15) is 0 Å². The maximum absolute atomic E-state index is 12.6. The number of anilines is 1. The molecule has 0 spiro atoms. The van der Waals surface area contributed by atoms with Crippen LogP contribution in [0.4, 0.5) is 5.69 Å². The van der Waals surface area contributed by atoms with Gasteiger partial charge in [-0.25, -0.2) is 9.97 Å². The Bertz CT molecular complexity index is 1290. The summed E-state index contributed by atoms with van der Waals surface area (Å²) >= 11 is 0. The Kier molecular flexibility index (Phi) is 10.8. The molecule has 10 nitrogen and oxygen atoms in total. The lowest BCUT2D eigenvalue weighted by molar-refractivity contribution is -0.112. The maximum atomic E-state index is 12.6. The highest BCUT2D eigenvalue weighted by atomic mass is 16.5. The van der Waals surface area contributed by atoms with Gasteiger partial charge < -0.3 is 30.7 Å². The van der Waals surface area contributed by atoms with Gasteiger partial charge in [0.2, 0.25) is 0 Å². The van der Waals surface area contributed by atoms with E-state index in [1.807, 2.05) is 6.07 Å². The predicted molar refractivity (Wildman–Crippen MR) is 153 cm³/mol. The Labute approximate surface area is 229 Å². The number of nitrogens with one attached hydrogen (secondary N) is 2. The fourth-order valence-corrected chi connectivity index (χ4v) is 3.86. The van der Waals surface area contributed by atoms with Crippen molar-refractivity contribution >= 4 is 23.6 Å². The average Bonchev–Trinajstić information content (AvgIpc) is 2.97. The van der Waals surface area contributed by atoms with E-state index in [1.54, 1.807) is 62.9 Å². The molecule has 0 unspecified atom stereocenters. The van der Waals surface area contributed by atoms with Crippen LogP contribution in [0, 0.1) is 0 Å². The maximum Gasteiger partial charge on any atom is 0.271 e. The molecule has 0 saturated heterocycles. The number of benzene rings is 2. The summed E-state index contributed by atoms with van der Waals surface area (Å²) in [6.07, 6.45) is 3.87. The molecule has 0 radical (unpaired) electrons. The SMILES string of the molecule is CCN(CC)CCCNC(=O)c1ccc(NC(=O)C(N)=Cc2nccc(-c3ccc(OC)c(OC)c3)n2)cc1. The second-order valence-corrected chi connectivity index (χ2v) is 8.64. The molecule has 3 rings (SSSR count). The van der Waals surface area contributed by atoms with E-state index >= 15 is 0 Å². The van der Waals surface area contributed by atoms with Crippen molar-refractivity contribution in [1.82, 2.24) is 20.2 Å². The number of amides is 2. The summed E-state index contributed by atoms with van der Waals surface area (Å²) < 4.78 is 10.6. The Morgan fingerprint density at radius 1 is 1.00 bits per heavy atom. The van der Waals surface area contributed by atoms with Crippen LogP contribution >= 0.6 is 0 Å². The molecule has 0 saturated carbocycles. The molecule has 2 aromatic carbocycles. The number of ether oxygens (including phenoxy) is 2. The number of carbonyl (C=O) groups is 2. The minimum Gasteiger partial charge on any atom is -0.493 e. The summed E-state index contributed by atoms with van der Waals surface area (Å²) in [5.41, 5.74) is 8.41. The standard InChI is InChI=1S/C29H36N6O4/c1-5-35(6-2)17-7-15-32-28(36)20-8-11-22(12-9-20)33-29(37)23(30)19-27-31-16-14-24(34-27)21-10-13-25(38-3)26(18-21)39-4/h8-14,16,18-19H,5-7,15,17,30H2,1-4H3,(H,32,36)(H,33,37). The first kappa shape index (κ1) is 29.1. The lowest BCUT2D eigenvalue weighted by Crippen LogP contribution is -2.29. The molecule has 4 N–H and O–H groups in total. The van der Waals surface area contributed by atoms with Crippen molar-refractivity contribution in [2.45, 2.75) is 20.3 Å². The van der Waals surface area contributed by atoms with Crippen LogP contribution in [0.2, 0.25) is 0 Å². The van der Waals surface area contributed by atoms with Crippen molar-refractivity contribution in [3.05, 3.63) is 71.8 Å². The smallest absolute Gasteiger partial charge is 0.271 e. The molecule has 206 valence electrons. The van der Waals surface area contributed by atoms with Crippen LogP contribution in [0.15, 0.2) is 60.4 Å². The fraction of sp³-hybridized carbons (Fsp3) is 0.310. The molecule has 3 aromatic rings. The molecule has 0 aliphatic rings. The van der Waals surface area contributed by atoms with Gasteiger partial charge in [0, 0.05) is 35.6 Å². The van der Waals surface area contributed by atoms with Crippen molar-refractivity contribution < 1.29 is 19.1 Å². The first-order valence-electron chi connectivity index (χ1n) is 12.8. The van der Waals surface area contributed by atoms with Gasteiger partial charge in [-0.3, -0.25) is 9.59 Å². The second kappa shape index (κ2) is 14.5. The number of methoxy groups -OCH3 is 2. The van der Waals surface area contributed by atoms with Gasteiger partial charge in [-0.1, -0.05) is 13.8 Å². The van der Waals surface area contributed by atoms with E-state index < -0.39 is 5.91 Å². The van der Waals surface area contributed by atoms with E-state index in [0.29, 0.717) is 35.0 Å². The first-order chi connectivity index (χ1) is 18.9. The highest BCUT2D eigenvalue weighted by Gasteiger charge is 2.11. The van der Waals surface area contributed by atoms with Crippen LogP contribution in [0.25, 0.3) is 17.3 Å². The molecule has 1 heterocycles. The van der Waals surface area contributed by atoms with E-state index in [2.05, 4.69) is 39.3 Å². The summed E-state index contributed by atoms with van der Waals surface area (Å²) in [6.45, 7) is 7.78. The molecule has 39 heavy (non-hydrogen) atoms. The number of rotatable bonds is 13. The Morgan fingerprint density at radius 3 is 2.38 bits per heavy atom. The highest BCUT2D eigenvalue weighted by Crippen LogP contribution is 2.31. The van der Waals surface area contributed by atoms with Crippen LogP contribution in [-0.4, -0.2) is 67.1 Å². The number of hydrogen-bond acceptors (Lipinski definition) is 8. The zero-order chi connectivity index (χ0) is 28.2. The molecule has 0 fully saturated rings. The summed E-state index contributed by atoms with van der Waals surface area (Å²) in [6, 6.07) is 13.8. The third-order valence-corrected chi connectivity index (χ3v) is 6.14. The normalized spacial score (nSPS) is 11.3. The third kappa shape index (κ3) is 8.27. The molecule has 10 heteroatoms. The molecule has 0 aliphatic carbocycles. The molecular weight excluding hydrogens is 496 g/mol. The van der Waals surface area contributed by atoms with Crippen LogP contribution in [0.3, 0.4) is 0 Å². The zero-order valence-corrected chi connectivity index (χ0v) is 22.9. The van der Waals surface area contributed by atoms with Crippen LogP contribution in [0.1, 0.15) is 36.5 Å². The average molecular weight is 533 g/mol. The Balaban J connectivity index is 1.59. The van der Waals surface area contributed by atoms with Crippen LogP contribution in [-0.2, 0) is 4.79 Å². The van der Waals surface area contributed by atoms with Gasteiger partial charge in [0.1, 0.15) is 5.70 Å². The van der Waals surface area contributed by atoms with E-state index in [-0.39, 0.29) is 17.4 Å². The van der Waals surface area contributed by atoms with E-state index in [4.69, 9.17) is 15.2 Å². The molecule has 2 amide bonds. The minimum atomic E-state index is -0.510. The molecule has 1 aromatic heterocycles. The lowest BCUT2D eigenvalue weighted by atomic mass is 10.1. The van der Waals surface area contributed by atoms with Crippen LogP contribution < -0.4 is 25.8 Å². The van der Waals surface area contributed by atoms with Crippen LogP contribution in [0.5, 0.6) is 11.5 Å². The van der Waals surface area contributed by atoms with E-state index in [0.717, 1.165) is 31.6 Å². The van der Waals surface area contributed by atoms with Crippen molar-refractivity contribution in [3.8, 4) is 22.8 Å². The fourth-order valence-electron chi connectivity index (χ4n) is 3.86. The topological polar surface area (TPSA) is 132 Å². The Hall–Kier alpha value is -4.44. The molecule has 0 aliphatic heterocycles. The summed E-state index contributed by atoms with van der Waals surface area (Å²) in [5.74, 6) is 0.796. The first-order valence-corrected chi connectivity index (χ1v) is 12.8. The number of aromatic nitrogens is 2. The van der Waals surface area contributed by atoms with Gasteiger partial charge in [0.05, 0.1) is 19.9 Å². The third-order valence-electron chi connectivity index (χ3n) is 6.14. The molecular formula is C29H36N6O4. The Morgan fingerprint density at radius 2 is 1.72 bits per heavy atom. The van der Waals surface area contributed by atoms with Crippen molar-refractivity contribution in [3.63, 3.8) is 0 Å². The van der Waals surface area contributed by atoms with Crippen molar-refractivity contribution in [2.24, 2.45) is 5.73 Å². The number of carbonyl (C=O) groups excluding carboxylic acids is 2. The number of nitrogens with two attached hydrogens (primary N) is 1. The van der Waals surface area contributed by atoms with Gasteiger partial charge in [0.15, 0.2) is 17.3 Å². The minimum absolute atomic E-state index is 0.0607. The van der Waals surface area contributed by atoms with Crippen molar-refractivity contribution in [1.29, 1.82) is 0 Å². The quantitative estimate of drug-likeness (QED) is 0.225. The van der Waals surface area contributed by atoms with Gasteiger partial charge in [-0.05, 0) is 74.6 Å². The monoisotopic (exact) mass is 532 g/mol. The second-order valence-electron chi connectivity index (χ2n) is 8.64. The summed E-state index contributed by atoms with van der Waals surface area (Å²) in [5, 5.41) is 5.65. The number of nitrogens with zero attached hydrogens (tertiary/aromatic N) is 3. The summed E-state index contributed by atoms with van der Waals surface area (Å²) in [7, 11) is 3.13. The van der Waals surface area contributed by atoms with Gasteiger partial charge >= 0.3 is 0 Å². The molecule has 0 atom stereocenters. The summed E-state index contributed by atoms with van der Waals surface area (Å²) in [4.78, 5) is 36.1. The largest absolute Gasteiger partial charge is 0.493 e. The predicted octanol–water partition coefficient (Wildman–Crippen LogP) is 3.56. The molecule has 0 bridgehead atoms.